The molecule has 2 aromatic heterocycles. The minimum atomic E-state index is 0.350. The standard InChI is InChI=1S/C12H16N4S/c1-4-9-11(15(3)12(13)17)16-7-8(2)5-6-10(16)14-9/h5-7H,4H2,1-3H3,(H2,13,17). The topological polar surface area (TPSA) is 46.6 Å². The predicted molar refractivity (Wildman–Crippen MR) is 74.5 cm³/mol. The number of rotatable bonds is 2. The van der Waals surface area contributed by atoms with Crippen LogP contribution in [0.1, 0.15) is 18.2 Å². The van der Waals surface area contributed by atoms with Crippen LogP contribution in [0.2, 0.25) is 0 Å². The van der Waals surface area contributed by atoms with E-state index in [1.54, 1.807) is 4.90 Å². The molecule has 2 aromatic rings. The van der Waals surface area contributed by atoms with Gasteiger partial charge < -0.3 is 10.6 Å². The monoisotopic (exact) mass is 248 g/mol. The fourth-order valence-corrected chi connectivity index (χ4v) is 1.97. The number of nitrogens with zero attached hydrogens (tertiary/aromatic N) is 3. The number of hydrogen-bond acceptors (Lipinski definition) is 2. The van der Waals surface area contributed by atoms with Crippen LogP contribution < -0.4 is 10.6 Å². The SMILES string of the molecule is CCc1nc2ccc(C)cn2c1N(C)C(N)=S. The van der Waals surface area contributed by atoms with Gasteiger partial charge in [0.1, 0.15) is 11.5 Å². The first-order valence-electron chi connectivity index (χ1n) is 5.55. The molecule has 2 heterocycles. The van der Waals surface area contributed by atoms with Crippen LogP contribution in [0.5, 0.6) is 0 Å². The predicted octanol–water partition coefficient (Wildman–Crippen LogP) is 1.88. The molecule has 0 fully saturated rings. The number of nitrogens with two attached hydrogens (primary N) is 1. The van der Waals surface area contributed by atoms with Crippen LogP contribution in [-0.4, -0.2) is 21.5 Å². The van der Waals surface area contributed by atoms with E-state index in [1.165, 1.54) is 5.56 Å². The molecule has 90 valence electrons. The summed E-state index contributed by atoms with van der Waals surface area (Å²) in [6, 6.07) is 4.05. The first kappa shape index (κ1) is 11.9. The van der Waals surface area contributed by atoms with Gasteiger partial charge >= 0.3 is 0 Å². The van der Waals surface area contributed by atoms with E-state index >= 15 is 0 Å². The highest BCUT2D eigenvalue weighted by Crippen LogP contribution is 2.22. The van der Waals surface area contributed by atoms with Gasteiger partial charge in [0.15, 0.2) is 5.11 Å². The van der Waals surface area contributed by atoms with Crippen LogP contribution in [0.15, 0.2) is 18.3 Å². The third-order valence-corrected chi connectivity index (χ3v) is 3.07. The first-order chi connectivity index (χ1) is 8.04. The Bertz CT molecular complexity index is 573. The number of fused-ring (bicyclic) bond motifs is 1. The van der Waals surface area contributed by atoms with Gasteiger partial charge in [-0.1, -0.05) is 13.0 Å². The van der Waals surface area contributed by atoms with E-state index in [0.717, 1.165) is 23.6 Å². The summed E-state index contributed by atoms with van der Waals surface area (Å²) in [4.78, 5) is 6.38. The largest absolute Gasteiger partial charge is 0.376 e. The molecule has 0 aliphatic rings. The van der Waals surface area contributed by atoms with Crippen molar-refractivity contribution in [2.45, 2.75) is 20.3 Å². The van der Waals surface area contributed by atoms with Gasteiger partial charge in [-0.25, -0.2) is 4.98 Å². The summed E-state index contributed by atoms with van der Waals surface area (Å²) in [5.74, 6) is 0.957. The quantitative estimate of drug-likeness (QED) is 0.824. The molecule has 0 bridgehead atoms. The Balaban J connectivity index is 2.72. The van der Waals surface area contributed by atoms with Crippen LogP contribution in [0.25, 0.3) is 5.65 Å². The molecular formula is C12H16N4S. The number of aryl methyl sites for hydroxylation is 2. The minimum absolute atomic E-state index is 0.350. The maximum atomic E-state index is 5.70. The van der Waals surface area contributed by atoms with Crippen molar-refractivity contribution in [2.75, 3.05) is 11.9 Å². The van der Waals surface area contributed by atoms with Crippen molar-refractivity contribution in [3.8, 4) is 0 Å². The summed E-state index contributed by atoms with van der Waals surface area (Å²) in [5, 5.41) is 0.350. The van der Waals surface area contributed by atoms with E-state index in [-0.39, 0.29) is 0 Å². The zero-order valence-corrected chi connectivity index (χ0v) is 11.1. The molecule has 0 spiro atoms. The average molecular weight is 248 g/mol. The Morgan fingerprint density at radius 3 is 2.82 bits per heavy atom. The highest BCUT2D eigenvalue weighted by Gasteiger charge is 2.16. The van der Waals surface area contributed by atoms with E-state index in [0.29, 0.717) is 5.11 Å². The zero-order chi connectivity index (χ0) is 12.6. The van der Waals surface area contributed by atoms with Gasteiger partial charge in [0.25, 0.3) is 0 Å². The van der Waals surface area contributed by atoms with Crippen LogP contribution in [-0.2, 0) is 6.42 Å². The number of hydrogen-bond donors (Lipinski definition) is 1. The molecule has 2 N–H and O–H groups in total. The summed E-state index contributed by atoms with van der Waals surface area (Å²) in [6.07, 6.45) is 2.90. The second kappa shape index (κ2) is 4.33. The molecular weight excluding hydrogens is 232 g/mol. The van der Waals surface area contributed by atoms with E-state index in [9.17, 15) is 0 Å². The second-order valence-corrected chi connectivity index (χ2v) is 4.49. The Labute approximate surface area is 106 Å². The first-order valence-corrected chi connectivity index (χ1v) is 5.96. The van der Waals surface area contributed by atoms with Crippen LogP contribution >= 0.6 is 12.2 Å². The maximum Gasteiger partial charge on any atom is 0.171 e. The maximum absolute atomic E-state index is 5.70. The van der Waals surface area contributed by atoms with Gasteiger partial charge in [0.2, 0.25) is 0 Å². The molecule has 0 unspecified atom stereocenters. The Morgan fingerprint density at radius 2 is 2.24 bits per heavy atom. The molecule has 4 nitrogen and oxygen atoms in total. The summed E-state index contributed by atoms with van der Waals surface area (Å²) in [5.41, 5.74) is 8.80. The number of pyridine rings is 1. The second-order valence-electron chi connectivity index (χ2n) is 4.07. The van der Waals surface area contributed by atoms with Crippen molar-refractivity contribution < 1.29 is 0 Å². The van der Waals surface area contributed by atoms with Crippen molar-refractivity contribution in [2.24, 2.45) is 5.73 Å². The van der Waals surface area contributed by atoms with Crippen LogP contribution in [0.4, 0.5) is 5.82 Å². The van der Waals surface area contributed by atoms with Gasteiger partial charge in [-0.2, -0.15) is 0 Å². The van der Waals surface area contributed by atoms with Crippen molar-refractivity contribution in [3.05, 3.63) is 29.6 Å². The Morgan fingerprint density at radius 1 is 1.53 bits per heavy atom. The van der Waals surface area contributed by atoms with Gasteiger partial charge in [-0.3, -0.25) is 4.40 Å². The fraction of sp³-hybridized carbons (Fsp3) is 0.333. The highest BCUT2D eigenvalue weighted by atomic mass is 32.1. The highest BCUT2D eigenvalue weighted by molar-refractivity contribution is 7.80. The summed E-state index contributed by atoms with van der Waals surface area (Å²) < 4.78 is 2.04. The molecule has 0 radical (unpaired) electrons. The summed E-state index contributed by atoms with van der Waals surface area (Å²) in [6.45, 7) is 4.13. The van der Waals surface area contributed by atoms with Gasteiger partial charge in [0.05, 0.1) is 5.69 Å². The molecule has 0 aromatic carbocycles. The molecule has 0 atom stereocenters. The average Bonchev–Trinajstić information content (AvgIpc) is 2.65. The lowest BCUT2D eigenvalue weighted by atomic mass is 10.3. The third kappa shape index (κ3) is 1.98. The normalized spacial score (nSPS) is 10.8. The van der Waals surface area contributed by atoms with E-state index in [2.05, 4.69) is 18.8 Å². The van der Waals surface area contributed by atoms with Crippen molar-refractivity contribution >= 4 is 28.8 Å². The Hall–Kier alpha value is -1.62. The lowest BCUT2D eigenvalue weighted by Crippen LogP contribution is -2.33. The molecule has 0 saturated carbocycles. The molecule has 0 aliphatic heterocycles. The van der Waals surface area contributed by atoms with Crippen molar-refractivity contribution in [1.82, 2.24) is 9.38 Å². The molecule has 0 saturated heterocycles. The van der Waals surface area contributed by atoms with Crippen LogP contribution in [0.3, 0.4) is 0 Å². The van der Waals surface area contributed by atoms with Crippen molar-refractivity contribution in [3.63, 3.8) is 0 Å². The molecule has 5 heteroatoms. The zero-order valence-electron chi connectivity index (χ0n) is 10.3. The lowest BCUT2D eigenvalue weighted by molar-refractivity contribution is 1.03. The molecule has 0 aliphatic carbocycles. The van der Waals surface area contributed by atoms with Gasteiger partial charge in [0, 0.05) is 13.2 Å². The van der Waals surface area contributed by atoms with E-state index < -0.39 is 0 Å². The van der Waals surface area contributed by atoms with Gasteiger partial charge in [-0.05, 0) is 37.2 Å². The summed E-state index contributed by atoms with van der Waals surface area (Å²) >= 11 is 5.03. The smallest absolute Gasteiger partial charge is 0.171 e. The molecule has 0 amide bonds. The fourth-order valence-electron chi connectivity index (χ4n) is 1.88. The number of imidazole rings is 1. The number of thiocarbonyl (C=S) groups is 1. The van der Waals surface area contributed by atoms with Gasteiger partial charge in [-0.15, -0.1) is 0 Å². The van der Waals surface area contributed by atoms with E-state index in [1.807, 2.05) is 29.8 Å². The summed E-state index contributed by atoms with van der Waals surface area (Å²) in [7, 11) is 1.87. The molecule has 17 heavy (non-hydrogen) atoms. The van der Waals surface area contributed by atoms with Crippen LogP contribution in [0, 0.1) is 6.92 Å². The lowest BCUT2D eigenvalue weighted by Gasteiger charge is -2.17. The Kier molecular flexibility index (Phi) is 3.02. The number of aromatic nitrogens is 2. The molecule has 2 rings (SSSR count). The van der Waals surface area contributed by atoms with E-state index in [4.69, 9.17) is 18.0 Å². The minimum Gasteiger partial charge on any atom is -0.376 e. The van der Waals surface area contributed by atoms with Crippen molar-refractivity contribution in [1.29, 1.82) is 0 Å². The number of anilines is 1. The third-order valence-electron chi connectivity index (χ3n) is 2.79.